The first-order valence-corrected chi connectivity index (χ1v) is 15.1. The molecule has 0 saturated carbocycles. The first kappa shape index (κ1) is 25.1. The first-order chi connectivity index (χ1) is 16.5. The number of ether oxygens (including phenoxy) is 1. The third kappa shape index (κ3) is 5.33. The van der Waals surface area contributed by atoms with Crippen LogP contribution in [0, 0.1) is 0 Å². The smallest absolute Gasteiger partial charge is 0.192 e. The summed E-state index contributed by atoms with van der Waals surface area (Å²) in [6.45, 7) is 14.1. The van der Waals surface area contributed by atoms with E-state index in [1.807, 2.05) is 18.3 Å². The van der Waals surface area contributed by atoms with Crippen LogP contribution in [0.2, 0.25) is 18.1 Å². The monoisotopic (exact) mass is 487 g/mol. The molecule has 0 aliphatic heterocycles. The Morgan fingerprint density at radius 2 is 1.66 bits per heavy atom. The van der Waals surface area contributed by atoms with Crippen LogP contribution in [0.4, 0.5) is 5.82 Å². The Labute approximate surface area is 209 Å². The Morgan fingerprint density at radius 1 is 0.971 bits per heavy atom. The van der Waals surface area contributed by atoms with Crippen molar-refractivity contribution >= 4 is 35.9 Å². The highest BCUT2D eigenvalue weighted by molar-refractivity contribution is 6.74. The van der Waals surface area contributed by atoms with E-state index in [1.165, 1.54) is 11.1 Å². The maximum absolute atomic E-state index is 6.43. The van der Waals surface area contributed by atoms with Gasteiger partial charge in [0.2, 0.25) is 0 Å². The maximum Gasteiger partial charge on any atom is 0.192 e. The minimum atomic E-state index is -1.83. The molecule has 0 saturated heterocycles. The summed E-state index contributed by atoms with van der Waals surface area (Å²) in [7, 11) is -0.142. The number of fused-ring (bicyclic) bond motifs is 3. The fourth-order valence-electron chi connectivity index (χ4n) is 4.04. The van der Waals surface area contributed by atoms with Crippen molar-refractivity contribution in [2.45, 2.75) is 64.8 Å². The van der Waals surface area contributed by atoms with E-state index in [4.69, 9.17) is 19.9 Å². The van der Waals surface area contributed by atoms with Crippen LogP contribution in [0.1, 0.15) is 50.3 Å². The number of aromatic nitrogens is 2. The van der Waals surface area contributed by atoms with Gasteiger partial charge in [-0.1, -0.05) is 52.0 Å². The molecule has 0 fully saturated rings. The fourth-order valence-corrected chi connectivity index (χ4v) is 5.00. The lowest BCUT2D eigenvalue weighted by atomic mass is 9.93. The zero-order valence-electron chi connectivity index (χ0n) is 22.0. The molecule has 2 heterocycles. The summed E-state index contributed by atoms with van der Waals surface area (Å²) >= 11 is 0. The predicted octanol–water partition coefficient (Wildman–Crippen LogP) is 7.24. The molecule has 0 aliphatic rings. The topological polar surface area (TPSA) is 70.3 Å². The number of nitrogens with two attached hydrogens (primary N) is 1. The maximum atomic E-state index is 6.43. The van der Waals surface area contributed by atoms with Crippen molar-refractivity contribution in [1.82, 2.24) is 9.97 Å². The third-order valence-corrected chi connectivity index (χ3v) is 11.9. The predicted molar refractivity (Wildman–Crippen MR) is 149 cm³/mol. The van der Waals surface area contributed by atoms with E-state index in [2.05, 4.69) is 82.2 Å². The lowest BCUT2D eigenvalue weighted by Crippen LogP contribution is -2.40. The molecule has 184 valence electrons. The number of hydrogen-bond donors (Lipinski definition) is 1. The third-order valence-electron chi connectivity index (χ3n) is 7.42. The largest absolute Gasteiger partial charge is 0.497 e. The second-order valence-electron chi connectivity index (χ2n) is 11.0. The van der Waals surface area contributed by atoms with Crippen LogP contribution in [0.15, 0.2) is 54.7 Å². The van der Waals surface area contributed by atoms with Gasteiger partial charge in [0.15, 0.2) is 14.1 Å². The van der Waals surface area contributed by atoms with Crippen LogP contribution < -0.4 is 10.5 Å². The van der Waals surface area contributed by atoms with Gasteiger partial charge < -0.3 is 14.9 Å². The molecule has 6 heteroatoms. The van der Waals surface area contributed by atoms with Crippen LogP contribution in [-0.4, -0.2) is 25.4 Å². The summed E-state index contributed by atoms with van der Waals surface area (Å²) in [6, 6.07) is 16.9. The van der Waals surface area contributed by atoms with E-state index in [0.717, 1.165) is 39.5 Å². The van der Waals surface area contributed by atoms with Crippen molar-refractivity contribution in [1.29, 1.82) is 0 Å². The Bertz CT molecular complexity index is 1340. The number of anilines is 1. The van der Waals surface area contributed by atoms with E-state index in [1.54, 1.807) is 7.11 Å². The highest BCUT2D eigenvalue weighted by Gasteiger charge is 2.37. The standard InChI is InChI=1S/C29H37N3O2Si/c1-19(14-20-8-11-23(33-5)12-9-20)22-16-25-24-13-10-21(18-34-35(6,7)29(2,3)4)15-26(24)32-28(30)27(25)31-17-22/h8-13,15-17,19H,14,18H2,1-7H3,(H2,30,32). The number of rotatable bonds is 7. The Hall–Kier alpha value is -2.96. The van der Waals surface area contributed by atoms with E-state index in [0.29, 0.717) is 18.3 Å². The number of nitrogens with zero attached hydrogens (tertiary/aromatic N) is 2. The van der Waals surface area contributed by atoms with E-state index in [-0.39, 0.29) is 5.04 Å². The molecule has 0 spiro atoms. The van der Waals surface area contributed by atoms with Gasteiger partial charge in [-0.25, -0.2) is 4.98 Å². The van der Waals surface area contributed by atoms with Crippen LogP contribution in [0.3, 0.4) is 0 Å². The van der Waals surface area contributed by atoms with E-state index < -0.39 is 8.32 Å². The molecule has 0 bridgehead atoms. The summed E-state index contributed by atoms with van der Waals surface area (Å²) in [5.41, 5.74) is 11.5. The average Bonchev–Trinajstić information content (AvgIpc) is 2.82. The minimum Gasteiger partial charge on any atom is -0.497 e. The number of methoxy groups -OCH3 is 1. The molecule has 35 heavy (non-hydrogen) atoms. The summed E-state index contributed by atoms with van der Waals surface area (Å²) in [5, 5.41) is 2.28. The van der Waals surface area contributed by atoms with Gasteiger partial charge in [0, 0.05) is 17.0 Å². The van der Waals surface area contributed by atoms with Gasteiger partial charge in [0.1, 0.15) is 11.3 Å². The highest BCUT2D eigenvalue weighted by atomic mass is 28.4. The van der Waals surface area contributed by atoms with Crippen LogP contribution in [0.25, 0.3) is 21.8 Å². The number of benzene rings is 2. The van der Waals surface area contributed by atoms with E-state index in [9.17, 15) is 0 Å². The molecule has 4 rings (SSSR count). The van der Waals surface area contributed by atoms with Gasteiger partial charge in [-0.2, -0.15) is 0 Å². The molecule has 0 aliphatic carbocycles. The summed E-state index contributed by atoms with van der Waals surface area (Å²) < 4.78 is 11.7. The van der Waals surface area contributed by atoms with Crippen molar-refractivity contribution in [2.75, 3.05) is 12.8 Å². The lowest BCUT2D eigenvalue weighted by Gasteiger charge is -2.36. The quantitative estimate of drug-likeness (QED) is 0.220. The number of pyridine rings is 2. The lowest BCUT2D eigenvalue weighted by molar-refractivity contribution is 0.276. The minimum absolute atomic E-state index is 0.174. The fraction of sp³-hybridized carbons (Fsp3) is 0.379. The van der Waals surface area contributed by atoms with Gasteiger partial charge in [0.25, 0.3) is 0 Å². The van der Waals surface area contributed by atoms with Crippen molar-refractivity contribution in [3.05, 3.63) is 71.4 Å². The zero-order valence-corrected chi connectivity index (χ0v) is 23.0. The molecule has 1 atom stereocenters. The van der Waals surface area contributed by atoms with Gasteiger partial charge in [-0.15, -0.1) is 0 Å². The summed E-state index contributed by atoms with van der Waals surface area (Å²) in [6.07, 6.45) is 2.85. The van der Waals surface area contributed by atoms with Crippen LogP contribution in [0.5, 0.6) is 5.75 Å². The Morgan fingerprint density at radius 3 is 2.31 bits per heavy atom. The molecular weight excluding hydrogens is 450 g/mol. The van der Waals surface area contributed by atoms with Gasteiger partial charge in [-0.3, -0.25) is 4.98 Å². The molecule has 2 aromatic heterocycles. The highest BCUT2D eigenvalue weighted by Crippen LogP contribution is 2.37. The molecule has 2 N–H and O–H groups in total. The zero-order chi connectivity index (χ0) is 25.4. The molecule has 0 radical (unpaired) electrons. The molecule has 0 amide bonds. The molecule has 4 aromatic rings. The Balaban J connectivity index is 1.63. The van der Waals surface area contributed by atoms with Crippen molar-refractivity contribution in [2.24, 2.45) is 0 Å². The Kier molecular flexibility index (Phi) is 6.89. The van der Waals surface area contributed by atoms with Gasteiger partial charge in [-0.05, 0) is 71.4 Å². The molecular formula is C29H37N3O2Si. The van der Waals surface area contributed by atoms with E-state index >= 15 is 0 Å². The first-order valence-electron chi connectivity index (χ1n) is 12.2. The summed E-state index contributed by atoms with van der Waals surface area (Å²) in [4.78, 5) is 9.39. The van der Waals surface area contributed by atoms with Gasteiger partial charge >= 0.3 is 0 Å². The van der Waals surface area contributed by atoms with Crippen molar-refractivity contribution in [3.63, 3.8) is 0 Å². The van der Waals surface area contributed by atoms with Crippen molar-refractivity contribution in [3.8, 4) is 5.75 Å². The van der Waals surface area contributed by atoms with Crippen molar-refractivity contribution < 1.29 is 9.16 Å². The van der Waals surface area contributed by atoms with Crippen LogP contribution >= 0.6 is 0 Å². The second kappa shape index (κ2) is 9.59. The second-order valence-corrected chi connectivity index (χ2v) is 15.8. The number of nitrogen functional groups attached to an aromatic ring is 1. The van der Waals surface area contributed by atoms with Gasteiger partial charge in [0.05, 0.1) is 19.2 Å². The number of hydrogen-bond acceptors (Lipinski definition) is 5. The SMILES string of the molecule is COc1ccc(CC(C)c2cnc3c(N)nc4cc(CO[Si](C)(C)C(C)(C)C)ccc4c3c2)cc1. The molecule has 2 aromatic carbocycles. The summed E-state index contributed by atoms with van der Waals surface area (Å²) in [5.74, 6) is 1.64. The normalized spacial score (nSPS) is 13.3. The average molecular weight is 488 g/mol. The molecule has 5 nitrogen and oxygen atoms in total. The molecule has 1 unspecified atom stereocenters. The van der Waals surface area contributed by atoms with Crippen LogP contribution in [-0.2, 0) is 17.5 Å².